The van der Waals surface area contributed by atoms with Crippen molar-refractivity contribution in [2.75, 3.05) is 0 Å². The van der Waals surface area contributed by atoms with Crippen molar-refractivity contribution in [2.24, 2.45) is 0 Å². The highest BCUT2D eigenvalue weighted by atomic mass is 32.1. The fourth-order valence-electron chi connectivity index (χ4n) is 2.25. The van der Waals surface area contributed by atoms with Crippen molar-refractivity contribution in [1.82, 2.24) is 0 Å². The van der Waals surface area contributed by atoms with Crippen molar-refractivity contribution >= 4 is 11.3 Å². The summed E-state index contributed by atoms with van der Waals surface area (Å²) in [5, 5.41) is 10.5. The molecule has 2 rings (SSSR count). The third-order valence-electron chi connectivity index (χ3n) is 3.42. The molecular formula is C17H22OS. The highest BCUT2D eigenvalue weighted by Gasteiger charge is 2.17. The van der Waals surface area contributed by atoms with Crippen LogP contribution in [0.5, 0.6) is 0 Å². The molecule has 0 saturated heterocycles. The molecule has 0 fully saturated rings. The van der Waals surface area contributed by atoms with Gasteiger partial charge in [0.15, 0.2) is 0 Å². The number of hydrogen-bond acceptors (Lipinski definition) is 2. The van der Waals surface area contributed by atoms with E-state index < -0.39 is 6.10 Å². The Kier molecular flexibility index (Phi) is 3.84. The Morgan fingerprint density at radius 1 is 1.05 bits per heavy atom. The van der Waals surface area contributed by atoms with Gasteiger partial charge in [0.25, 0.3) is 0 Å². The fourth-order valence-corrected chi connectivity index (χ4v) is 3.30. The van der Waals surface area contributed by atoms with Gasteiger partial charge < -0.3 is 5.11 Å². The molecule has 0 saturated carbocycles. The molecule has 1 heterocycles. The zero-order valence-corrected chi connectivity index (χ0v) is 13.1. The van der Waals surface area contributed by atoms with Gasteiger partial charge in [0, 0.05) is 9.75 Å². The minimum atomic E-state index is -0.507. The fraction of sp³-hybridized carbons (Fsp3) is 0.412. The van der Waals surface area contributed by atoms with Crippen LogP contribution in [0, 0.1) is 13.8 Å². The van der Waals surface area contributed by atoms with Crippen LogP contribution in [0.2, 0.25) is 0 Å². The first kappa shape index (κ1) is 14.3. The number of thiophene rings is 1. The summed E-state index contributed by atoms with van der Waals surface area (Å²) in [7, 11) is 0. The van der Waals surface area contributed by atoms with Crippen LogP contribution in [0.25, 0.3) is 0 Å². The Bertz CT molecular complexity index is 558. The van der Waals surface area contributed by atoms with E-state index in [0.29, 0.717) is 0 Å². The average molecular weight is 274 g/mol. The normalized spacial score (nSPS) is 13.6. The molecule has 2 aromatic rings. The second-order valence-corrected chi connectivity index (χ2v) is 7.47. The van der Waals surface area contributed by atoms with Gasteiger partial charge in [-0.1, -0.05) is 45.0 Å². The second-order valence-electron chi connectivity index (χ2n) is 6.18. The van der Waals surface area contributed by atoms with Gasteiger partial charge in [0.2, 0.25) is 0 Å². The largest absolute Gasteiger partial charge is 0.383 e. The van der Waals surface area contributed by atoms with E-state index in [1.165, 1.54) is 16.0 Å². The van der Waals surface area contributed by atoms with Crippen molar-refractivity contribution < 1.29 is 5.11 Å². The maximum Gasteiger partial charge on any atom is 0.113 e. The maximum absolute atomic E-state index is 10.5. The predicted octanol–water partition coefficient (Wildman–Crippen LogP) is 4.74. The molecule has 0 aliphatic rings. The maximum atomic E-state index is 10.5. The summed E-state index contributed by atoms with van der Waals surface area (Å²) < 4.78 is 0. The third-order valence-corrected chi connectivity index (χ3v) is 4.63. The van der Waals surface area contributed by atoms with Crippen LogP contribution in [-0.4, -0.2) is 5.11 Å². The van der Waals surface area contributed by atoms with Crippen molar-refractivity contribution in [3.63, 3.8) is 0 Å². The van der Waals surface area contributed by atoms with Crippen molar-refractivity contribution in [1.29, 1.82) is 0 Å². The van der Waals surface area contributed by atoms with Crippen LogP contribution >= 0.6 is 11.3 Å². The van der Waals surface area contributed by atoms with E-state index in [0.717, 1.165) is 10.4 Å². The van der Waals surface area contributed by atoms with E-state index in [1.54, 1.807) is 11.3 Å². The quantitative estimate of drug-likeness (QED) is 0.838. The van der Waals surface area contributed by atoms with E-state index >= 15 is 0 Å². The SMILES string of the molecule is Cc1cc(C)c(C(O)c2ccc(C(C)(C)C)cc2)s1. The zero-order valence-electron chi connectivity index (χ0n) is 12.3. The lowest BCUT2D eigenvalue weighted by Crippen LogP contribution is -2.11. The van der Waals surface area contributed by atoms with E-state index in [2.05, 4.69) is 52.8 Å². The summed E-state index contributed by atoms with van der Waals surface area (Å²) in [6, 6.07) is 10.5. The highest BCUT2D eigenvalue weighted by Crippen LogP contribution is 2.32. The first-order valence-electron chi connectivity index (χ1n) is 6.64. The van der Waals surface area contributed by atoms with Gasteiger partial charge in [-0.05, 0) is 42.0 Å². The number of aliphatic hydroxyl groups excluding tert-OH is 1. The Balaban J connectivity index is 2.30. The standard InChI is InChI=1S/C17H22OS/c1-11-10-12(2)19-16(11)15(18)13-6-8-14(9-7-13)17(3,4)5/h6-10,15,18H,1-5H3. The lowest BCUT2D eigenvalue weighted by molar-refractivity contribution is 0.223. The number of hydrogen-bond donors (Lipinski definition) is 1. The molecule has 2 heteroatoms. The van der Waals surface area contributed by atoms with E-state index in [9.17, 15) is 5.11 Å². The molecule has 0 bridgehead atoms. The molecule has 0 aliphatic carbocycles. The summed E-state index contributed by atoms with van der Waals surface area (Å²) in [6.07, 6.45) is -0.507. The molecule has 1 atom stereocenters. The molecule has 1 N–H and O–H groups in total. The molecule has 1 unspecified atom stereocenters. The molecule has 1 nitrogen and oxygen atoms in total. The van der Waals surface area contributed by atoms with Crippen molar-refractivity contribution in [2.45, 2.75) is 46.1 Å². The molecule has 102 valence electrons. The van der Waals surface area contributed by atoms with Crippen LogP contribution in [-0.2, 0) is 5.41 Å². The Morgan fingerprint density at radius 3 is 2.05 bits per heavy atom. The number of rotatable bonds is 2. The summed E-state index contributed by atoms with van der Waals surface area (Å²) in [5.74, 6) is 0. The summed E-state index contributed by atoms with van der Waals surface area (Å²) in [6.45, 7) is 10.7. The predicted molar refractivity (Wildman–Crippen MR) is 83.0 cm³/mol. The van der Waals surface area contributed by atoms with E-state index in [1.807, 2.05) is 12.1 Å². The zero-order chi connectivity index (χ0) is 14.2. The van der Waals surface area contributed by atoms with E-state index in [4.69, 9.17) is 0 Å². The molecule has 1 aromatic carbocycles. The van der Waals surface area contributed by atoms with E-state index in [-0.39, 0.29) is 5.41 Å². The van der Waals surface area contributed by atoms with Crippen LogP contribution < -0.4 is 0 Å². The van der Waals surface area contributed by atoms with Crippen LogP contribution in [0.1, 0.15) is 53.3 Å². The van der Waals surface area contributed by atoms with Crippen LogP contribution in [0.3, 0.4) is 0 Å². The van der Waals surface area contributed by atoms with Gasteiger partial charge in [-0.3, -0.25) is 0 Å². The topological polar surface area (TPSA) is 20.2 Å². The highest BCUT2D eigenvalue weighted by molar-refractivity contribution is 7.12. The monoisotopic (exact) mass is 274 g/mol. The third kappa shape index (κ3) is 3.07. The number of aliphatic hydroxyl groups is 1. The first-order valence-corrected chi connectivity index (χ1v) is 7.46. The molecule has 0 amide bonds. The number of aryl methyl sites for hydroxylation is 2. The Morgan fingerprint density at radius 2 is 1.63 bits per heavy atom. The number of benzene rings is 1. The van der Waals surface area contributed by atoms with Gasteiger partial charge in [0.1, 0.15) is 6.10 Å². The van der Waals surface area contributed by atoms with Crippen LogP contribution in [0.15, 0.2) is 30.3 Å². The van der Waals surface area contributed by atoms with Gasteiger partial charge in [-0.25, -0.2) is 0 Å². The smallest absolute Gasteiger partial charge is 0.113 e. The first-order chi connectivity index (χ1) is 8.79. The average Bonchev–Trinajstić information content (AvgIpc) is 2.66. The molecule has 0 spiro atoms. The van der Waals surface area contributed by atoms with Gasteiger partial charge in [-0.15, -0.1) is 11.3 Å². The second kappa shape index (κ2) is 5.10. The lowest BCUT2D eigenvalue weighted by atomic mass is 9.86. The minimum absolute atomic E-state index is 0.152. The summed E-state index contributed by atoms with van der Waals surface area (Å²) >= 11 is 1.68. The van der Waals surface area contributed by atoms with Crippen molar-refractivity contribution in [3.8, 4) is 0 Å². The Labute approximate surface area is 119 Å². The minimum Gasteiger partial charge on any atom is -0.383 e. The lowest BCUT2D eigenvalue weighted by Gasteiger charge is -2.20. The molecule has 1 aromatic heterocycles. The molecule has 0 aliphatic heterocycles. The van der Waals surface area contributed by atoms with Crippen molar-refractivity contribution in [3.05, 3.63) is 56.8 Å². The van der Waals surface area contributed by atoms with Gasteiger partial charge >= 0.3 is 0 Å². The molecule has 0 radical (unpaired) electrons. The van der Waals surface area contributed by atoms with Gasteiger partial charge in [0.05, 0.1) is 0 Å². The summed E-state index contributed by atoms with van der Waals surface area (Å²) in [5.41, 5.74) is 3.59. The summed E-state index contributed by atoms with van der Waals surface area (Å²) in [4.78, 5) is 2.30. The molecular weight excluding hydrogens is 252 g/mol. The Hall–Kier alpha value is -1.12. The molecule has 19 heavy (non-hydrogen) atoms. The van der Waals surface area contributed by atoms with Gasteiger partial charge in [-0.2, -0.15) is 0 Å². The van der Waals surface area contributed by atoms with Crippen LogP contribution in [0.4, 0.5) is 0 Å².